The number of hydrogen-bond donors (Lipinski definition) is 2. The molecule has 0 bridgehead atoms. The average Bonchev–Trinajstić information content (AvgIpc) is 2.66. The third kappa shape index (κ3) is 4.29. The van der Waals surface area contributed by atoms with E-state index in [1.54, 1.807) is 12.1 Å². The molecule has 1 fully saturated rings. The van der Waals surface area contributed by atoms with Crippen LogP contribution in [0, 0.1) is 15.9 Å². The number of nitrogens with two attached hydrogens (primary N) is 1. The van der Waals surface area contributed by atoms with Gasteiger partial charge in [-0.05, 0) is 42.7 Å². The number of hydrogen-bond acceptors (Lipinski definition) is 6. The first-order valence-electron chi connectivity index (χ1n) is 8.60. The van der Waals surface area contributed by atoms with Crippen LogP contribution in [-0.2, 0) is 20.2 Å². The molecule has 1 aliphatic rings. The Morgan fingerprint density at radius 3 is 2.39 bits per heavy atom. The van der Waals surface area contributed by atoms with Crippen LogP contribution in [0.5, 0.6) is 0 Å². The Hall–Kier alpha value is -2.56. The highest BCUT2D eigenvalue weighted by molar-refractivity contribution is 7.89. The van der Waals surface area contributed by atoms with E-state index in [1.807, 2.05) is 0 Å². The minimum absolute atomic E-state index is 0.186. The fourth-order valence-corrected chi connectivity index (χ4v) is 3.92. The van der Waals surface area contributed by atoms with Crippen LogP contribution < -0.4 is 10.5 Å². The smallest absolute Gasteiger partial charge is 0.293 e. The molecule has 3 N–H and O–H groups in total. The van der Waals surface area contributed by atoms with Gasteiger partial charge in [0.1, 0.15) is 11.5 Å². The molecular formula is C18H20FN3O5S. The second-order valence-electron chi connectivity index (χ2n) is 6.73. The topological polar surface area (TPSA) is 125 Å². The second kappa shape index (κ2) is 7.82. The number of anilines is 1. The van der Waals surface area contributed by atoms with Crippen LogP contribution in [0.2, 0.25) is 0 Å². The van der Waals surface area contributed by atoms with Crippen molar-refractivity contribution in [2.24, 2.45) is 5.14 Å². The van der Waals surface area contributed by atoms with E-state index in [1.165, 1.54) is 24.3 Å². The number of primary sulfonamides is 1. The van der Waals surface area contributed by atoms with E-state index >= 15 is 0 Å². The van der Waals surface area contributed by atoms with Gasteiger partial charge in [-0.3, -0.25) is 10.1 Å². The molecule has 10 heteroatoms. The number of nitrogens with zero attached hydrogens (tertiary/aromatic N) is 1. The zero-order chi connectivity index (χ0) is 20.4. The van der Waals surface area contributed by atoms with Crippen LogP contribution in [0.3, 0.4) is 0 Å². The summed E-state index contributed by atoms with van der Waals surface area (Å²) in [6.07, 6.45) is 1.32. The van der Waals surface area contributed by atoms with E-state index in [0.717, 1.165) is 11.6 Å². The summed E-state index contributed by atoms with van der Waals surface area (Å²) < 4.78 is 41.7. The normalized spacial score (nSPS) is 16.5. The van der Waals surface area contributed by atoms with Gasteiger partial charge in [-0.1, -0.05) is 12.1 Å². The lowest BCUT2D eigenvalue weighted by Crippen LogP contribution is -2.40. The number of sulfonamides is 1. The third-order valence-corrected chi connectivity index (χ3v) is 5.93. The number of nitrogens with one attached hydrogen (secondary N) is 1. The zero-order valence-electron chi connectivity index (χ0n) is 14.9. The van der Waals surface area contributed by atoms with E-state index in [-0.39, 0.29) is 22.1 Å². The molecule has 8 nitrogen and oxygen atoms in total. The summed E-state index contributed by atoms with van der Waals surface area (Å²) in [6, 6.07) is 9.68. The molecule has 1 saturated heterocycles. The maximum absolute atomic E-state index is 13.3. The Kier molecular flexibility index (Phi) is 5.64. The maximum atomic E-state index is 13.3. The summed E-state index contributed by atoms with van der Waals surface area (Å²) in [5.74, 6) is -0.340. The number of rotatable bonds is 6. The number of nitro groups is 1. The molecule has 0 spiro atoms. The summed E-state index contributed by atoms with van der Waals surface area (Å²) in [5.41, 5.74) is 0.324. The van der Waals surface area contributed by atoms with Crippen molar-refractivity contribution < 1.29 is 22.5 Å². The molecule has 2 aromatic rings. The van der Waals surface area contributed by atoms with Gasteiger partial charge in [0.25, 0.3) is 5.69 Å². The largest absolute Gasteiger partial charge is 0.381 e. The fraction of sp³-hybridized carbons (Fsp3) is 0.333. The Morgan fingerprint density at radius 1 is 1.18 bits per heavy atom. The van der Waals surface area contributed by atoms with Crippen LogP contribution in [0.4, 0.5) is 15.8 Å². The number of ether oxygens (including phenoxy) is 1. The zero-order valence-corrected chi connectivity index (χ0v) is 15.7. The molecule has 1 heterocycles. The highest BCUT2D eigenvalue weighted by atomic mass is 32.2. The van der Waals surface area contributed by atoms with Crippen LogP contribution in [0.15, 0.2) is 47.4 Å². The molecule has 0 radical (unpaired) electrons. The van der Waals surface area contributed by atoms with Crippen LogP contribution >= 0.6 is 0 Å². The van der Waals surface area contributed by atoms with Crippen molar-refractivity contribution in [1.29, 1.82) is 0 Å². The van der Waals surface area contributed by atoms with E-state index in [4.69, 9.17) is 9.88 Å². The van der Waals surface area contributed by atoms with Gasteiger partial charge in [-0.25, -0.2) is 17.9 Å². The second-order valence-corrected chi connectivity index (χ2v) is 8.30. The third-order valence-electron chi connectivity index (χ3n) is 5.02. The predicted molar refractivity (Wildman–Crippen MR) is 101 cm³/mol. The molecule has 0 aromatic heterocycles. The summed E-state index contributed by atoms with van der Waals surface area (Å²) >= 11 is 0. The minimum atomic E-state index is -4.05. The van der Waals surface area contributed by atoms with Crippen molar-refractivity contribution in [3.63, 3.8) is 0 Å². The van der Waals surface area contributed by atoms with Gasteiger partial charge in [0.05, 0.1) is 9.82 Å². The Morgan fingerprint density at radius 2 is 1.82 bits per heavy atom. The van der Waals surface area contributed by atoms with Gasteiger partial charge in [-0.2, -0.15) is 0 Å². The van der Waals surface area contributed by atoms with Gasteiger partial charge in [-0.15, -0.1) is 0 Å². The maximum Gasteiger partial charge on any atom is 0.293 e. The Bertz CT molecular complexity index is 973. The average molecular weight is 409 g/mol. The number of halogens is 1. The van der Waals surface area contributed by atoms with Crippen molar-refractivity contribution in [3.8, 4) is 0 Å². The Labute approximate surface area is 161 Å². The first kappa shape index (κ1) is 20.2. The molecule has 0 amide bonds. The van der Waals surface area contributed by atoms with Gasteiger partial charge in [0, 0.05) is 31.2 Å². The minimum Gasteiger partial charge on any atom is -0.381 e. The summed E-state index contributed by atoms with van der Waals surface area (Å²) in [4.78, 5) is 10.4. The summed E-state index contributed by atoms with van der Waals surface area (Å²) in [6.45, 7) is 1.38. The Balaban J connectivity index is 1.91. The molecule has 2 aromatic carbocycles. The molecule has 150 valence electrons. The predicted octanol–water partition coefficient (Wildman–Crippen LogP) is 2.54. The van der Waals surface area contributed by atoms with Crippen LogP contribution in [-0.4, -0.2) is 33.1 Å². The van der Waals surface area contributed by atoms with Crippen LogP contribution in [0.1, 0.15) is 18.4 Å². The van der Waals surface area contributed by atoms with Crippen molar-refractivity contribution >= 4 is 21.4 Å². The highest BCUT2D eigenvalue weighted by Crippen LogP contribution is 2.36. The molecular weight excluding hydrogens is 389 g/mol. The summed E-state index contributed by atoms with van der Waals surface area (Å²) in [7, 11) is -4.05. The SMILES string of the molecule is NS(=O)(=O)c1ccc(NCC2(c3ccc(F)cc3)CCOCC2)c([N+](=O)[O-])c1. The van der Waals surface area contributed by atoms with Crippen LogP contribution in [0.25, 0.3) is 0 Å². The monoisotopic (exact) mass is 409 g/mol. The number of benzene rings is 2. The quantitative estimate of drug-likeness (QED) is 0.558. The first-order valence-corrected chi connectivity index (χ1v) is 10.1. The lowest BCUT2D eigenvalue weighted by atomic mass is 9.74. The number of nitro benzene ring substituents is 1. The van der Waals surface area contributed by atoms with Crippen molar-refractivity contribution in [2.75, 3.05) is 25.1 Å². The lowest BCUT2D eigenvalue weighted by molar-refractivity contribution is -0.384. The van der Waals surface area contributed by atoms with Crippen molar-refractivity contribution in [3.05, 3.63) is 64.0 Å². The molecule has 3 rings (SSSR count). The molecule has 0 saturated carbocycles. The van der Waals surface area contributed by atoms with E-state index < -0.39 is 20.4 Å². The molecule has 28 heavy (non-hydrogen) atoms. The lowest BCUT2D eigenvalue weighted by Gasteiger charge is -2.38. The van der Waals surface area contributed by atoms with Crippen molar-refractivity contribution in [1.82, 2.24) is 0 Å². The fourth-order valence-electron chi connectivity index (χ4n) is 3.39. The van der Waals surface area contributed by atoms with Gasteiger partial charge >= 0.3 is 0 Å². The molecule has 0 atom stereocenters. The van der Waals surface area contributed by atoms with E-state index in [0.29, 0.717) is 32.6 Å². The highest BCUT2D eigenvalue weighted by Gasteiger charge is 2.35. The standard InChI is InChI=1S/C18H20FN3O5S/c19-14-3-1-13(2-4-14)18(7-9-27-10-8-18)12-21-16-6-5-15(28(20,25)26)11-17(16)22(23)24/h1-6,11,21H,7-10,12H2,(H2,20,25,26). The van der Waals surface area contributed by atoms with Gasteiger partial charge in [0.2, 0.25) is 10.0 Å². The van der Waals surface area contributed by atoms with Gasteiger partial charge in [0.15, 0.2) is 0 Å². The van der Waals surface area contributed by atoms with E-state index in [9.17, 15) is 22.9 Å². The van der Waals surface area contributed by atoms with Crippen molar-refractivity contribution in [2.45, 2.75) is 23.2 Å². The molecule has 0 aliphatic carbocycles. The van der Waals surface area contributed by atoms with Gasteiger partial charge < -0.3 is 10.1 Å². The first-order chi connectivity index (χ1) is 13.2. The summed E-state index contributed by atoms with van der Waals surface area (Å²) in [5, 5.41) is 19.5. The van der Waals surface area contributed by atoms with E-state index in [2.05, 4.69) is 5.32 Å². The molecule has 1 aliphatic heterocycles. The molecule has 0 unspecified atom stereocenters.